The Hall–Kier alpha value is -3.50. The molecule has 0 radical (unpaired) electrons. The van der Waals surface area contributed by atoms with Crippen LogP contribution in [0.3, 0.4) is 0 Å². The first-order valence-electron chi connectivity index (χ1n) is 10.6. The fraction of sp³-hybridized carbons (Fsp3) is 0.409. The van der Waals surface area contributed by atoms with E-state index in [1.54, 1.807) is 24.0 Å². The summed E-state index contributed by atoms with van der Waals surface area (Å²) in [6.07, 6.45) is 0.745. The van der Waals surface area contributed by atoms with Gasteiger partial charge in [0.2, 0.25) is 0 Å². The quantitative estimate of drug-likeness (QED) is 0.595. The van der Waals surface area contributed by atoms with Crippen LogP contribution in [0.25, 0.3) is 5.69 Å². The van der Waals surface area contributed by atoms with Gasteiger partial charge >= 0.3 is 6.18 Å². The van der Waals surface area contributed by atoms with Crippen LogP contribution in [0.15, 0.2) is 42.9 Å². The Kier molecular flexibility index (Phi) is 5.06. The van der Waals surface area contributed by atoms with Crippen LogP contribution in [0.2, 0.25) is 0 Å². The summed E-state index contributed by atoms with van der Waals surface area (Å²) in [6.45, 7) is 3.81. The second kappa shape index (κ2) is 7.82. The third-order valence-electron chi connectivity index (χ3n) is 6.39. The number of alkyl halides is 3. The summed E-state index contributed by atoms with van der Waals surface area (Å²) >= 11 is 0. The number of likely N-dealkylation sites (tertiary alicyclic amines) is 1. The summed E-state index contributed by atoms with van der Waals surface area (Å²) < 4.78 is 44.4. The summed E-state index contributed by atoms with van der Waals surface area (Å²) in [4.78, 5) is 24.8. The standard InChI is InChI=1S/C22H21F3N6O2/c1-12-3-5-16(31-27-7-8-28-31)20(29-12)21(32)30-13(2)14-9-17(30)18(10-14)33-15-4-6-19(26-11-15)22(23,24)25/h3-8,11,13-14,17-18H,9-10H2,1-2H3. The van der Waals surface area contributed by atoms with Crippen molar-refractivity contribution in [1.82, 2.24) is 29.9 Å². The molecule has 2 bridgehead atoms. The molecule has 2 aliphatic rings. The number of ether oxygens (including phenoxy) is 1. The fourth-order valence-electron chi connectivity index (χ4n) is 4.81. The van der Waals surface area contributed by atoms with Crippen molar-refractivity contribution in [3.8, 4) is 11.4 Å². The number of nitrogens with zero attached hydrogens (tertiary/aromatic N) is 6. The second-order valence-corrected chi connectivity index (χ2v) is 8.42. The van der Waals surface area contributed by atoms with Crippen LogP contribution < -0.4 is 4.74 Å². The van der Waals surface area contributed by atoms with Gasteiger partial charge in [-0.05, 0) is 56.9 Å². The lowest BCUT2D eigenvalue weighted by Gasteiger charge is -2.37. The summed E-state index contributed by atoms with van der Waals surface area (Å²) in [6, 6.07) is 5.47. The van der Waals surface area contributed by atoms with E-state index >= 15 is 0 Å². The predicted octanol–water partition coefficient (Wildman–Crippen LogP) is 3.46. The number of halogens is 3. The minimum atomic E-state index is -4.51. The van der Waals surface area contributed by atoms with Crippen molar-refractivity contribution in [3.63, 3.8) is 0 Å². The maximum atomic E-state index is 13.7. The molecule has 172 valence electrons. The van der Waals surface area contributed by atoms with E-state index in [1.807, 2.05) is 6.92 Å². The number of aromatic nitrogens is 5. The van der Waals surface area contributed by atoms with E-state index in [9.17, 15) is 18.0 Å². The second-order valence-electron chi connectivity index (χ2n) is 8.42. The van der Waals surface area contributed by atoms with E-state index in [-0.39, 0.29) is 41.5 Å². The Morgan fingerprint density at radius 2 is 1.88 bits per heavy atom. The number of aryl methyl sites for hydroxylation is 1. The lowest BCUT2D eigenvalue weighted by molar-refractivity contribution is -0.141. The van der Waals surface area contributed by atoms with Crippen LogP contribution in [0.4, 0.5) is 13.2 Å². The summed E-state index contributed by atoms with van der Waals surface area (Å²) in [5.41, 5.74) is 0.448. The van der Waals surface area contributed by atoms with Crippen molar-refractivity contribution in [1.29, 1.82) is 0 Å². The highest BCUT2D eigenvalue weighted by Crippen LogP contribution is 2.45. The molecule has 0 spiro atoms. The maximum Gasteiger partial charge on any atom is 0.433 e. The average molecular weight is 458 g/mol. The van der Waals surface area contributed by atoms with Gasteiger partial charge in [0.05, 0.1) is 24.6 Å². The van der Waals surface area contributed by atoms with Crippen molar-refractivity contribution in [3.05, 3.63) is 59.9 Å². The number of amides is 1. The Morgan fingerprint density at radius 3 is 2.52 bits per heavy atom. The van der Waals surface area contributed by atoms with Gasteiger partial charge in [-0.1, -0.05) is 0 Å². The Balaban J connectivity index is 1.40. The van der Waals surface area contributed by atoms with E-state index in [0.717, 1.165) is 18.7 Å². The van der Waals surface area contributed by atoms with Crippen molar-refractivity contribution >= 4 is 5.91 Å². The SMILES string of the molecule is Cc1ccc(-n2nccn2)c(C(=O)N2C(C)C3CC(Oc4ccc(C(F)(F)F)nc4)C2C3)n1. The molecule has 1 saturated carbocycles. The fourth-order valence-corrected chi connectivity index (χ4v) is 4.81. The van der Waals surface area contributed by atoms with Crippen molar-refractivity contribution < 1.29 is 22.7 Å². The van der Waals surface area contributed by atoms with E-state index in [4.69, 9.17) is 4.74 Å². The van der Waals surface area contributed by atoms with Crippen LogP contribution in [-0.2, 0) is 6.18 Å². The van der Waals surface area contributed by atoms with E-state index in [1.165, 1.54) is 23.3 Å². The molecular formula is C22H21F3N6O2. The van der Waals surface area contributed by atoms with E-state index < -0.39 is 11.9 Å². The summed E-state index contributed by atoms with van der Waals surface area (Å²) in [5.74, 6) is 0.225. The Morgan fingerprint density at radius 1 is 1.12 bits per heavy atom. The van der Waals surface area contributed by atoms with Crippen molar-refractivity contribution in [2.75, 3.05) is 0 Å². The number of hydrogen-bond donors (Lipinski definition) is 0. The molecule has 1 aliphatic carbocycles. The molecule has 3 aromatic heterocycles. The maximum absolute atomic E-state index is 13.7. The topological polar surface area (TPSA) is 86.0 Å². The van der Waals surface area contributed by atoms with Gasteiger partial charge in [-0.3, -0.25) is 4.79 Å². The van der Waals surface area contributed by atoms with Gasteiger partial charge in [-0.2, -0.15) is 23.4 Å². The van der Waals surface area contributed by atoms with Crippen molar-refractivity contribution in [2.24, 2.45) is 5.92 Å². The monoisotopic (exact) mass is 458 g/mol. The number of piperidine rings is 1. The Labute approximate surface area is 187 Å². The van der Waals surface area contributed by atoms with Crippen LogP contribution in [0.5, 0.6) is 5.75 Å². The zero-order chi connectivity index (χ0) is 23.3. The molecule has 0 aromatic carbocycles. The molecule has 4 unspecified atom stereocenters. The minimum Gasteiger partial charge on any atom is -0.487 e. The smallest absolute Gasteiger partial charge is 0.433 e. The van der Waals surface area contributed by atoms with Crippen molar-refractivity contribution in [2.45, 2.75) is 51.1 Å². The van der Waals surface area contributed by atoms with Gasteiger partial charge in [0, 0.05) is 11.7 Å². The van der Waals surface area contributed by atoms with Crippen LogP contribution in [0, 0.1) is 12.8 Å². The number of fused-ring (bicyclic) bond motifs is 2. The molecule has 1 saturated heterocycles. The molecule has 1 amide bonds. The first-order chi connectivity index (χ1) is 15.7. The van der Waals surface area contributed by atoms with Gasteiger partial charge in [0.1, 0.15) is 23.2 Å². The molecule has 5 rings (SSSR count). The summed E-state index contributed by atoms with van der Waals surface area (Å²) in [5, 5.41) is 8.26. The number of carbonyl (C=O) groups excluding carboxylic acids is 1. The number of hydrogen-bond acceptors (Lipinski definition) is 6. The molecule has 33 heavy (non-hydrogen) atoms. The molecule has 11 heteroatoms. The number of rotatable bonds is 4. The van der Waals surface area contributed by atoms with Gasteiger partial charge in [-0.25, -0.2) is 9.97 Å². The largest absolute Gasteiger partial charge is 0.487 e. The van der Waals surface area contributed by atoms with Crippen LogP contribution in [-0.4, -0.2) is 54.0 Å². The third kappa shape index (κ3) is 3.81. The highest BCUT2D eigenvalue weighted by Gasteiger charge is 2.53. The normalized spacial score (nSPS) is 24.3. The zero-order valence-corrected chi connectivity index (χ0v) is 17.9. The van der Waals surface area contributed by atoms with Gasteiger partial charge in [0.25, 0.3) is 5.91 Å². The van der Waals surface area contributed by atoms with Gasteiger partial charge < -0.3 is 9.64 Å². The first kappa shape index (κ1) is 21.4. The number of carbonyl (C=O) groups is 1. The lowest BCUT2D eigenvalue weighted by Crippen LogP contribution is -2.51. The van der Waals surface area contributed by atoms with Gasteiger partial charge in [0.15, 0.2) is 5.69 Å². The molecule has 1 aliphatic heterocycles. The van der Waals surface area contributed by atoms with E-state index in [2.05, 4.69) is 20.2 Å². The highest BCUT2D eigenvalue weighted by atomic mass is 19.4. The third-order valence-corrected chi connectivity index (χ3v) is 6.39. The molecule has 0 N–H and O–H groups in total. The zero-order valence-electron chi connectivity index (χ0n) is 17.9. The molecule has 4 heterocycles. The Bertz CT molecular complexity index is 1170. The first-order valence-corrected chi connectivity index (χ1v) is 10.6. The molecule has 8 nitrogen and oxygen atoms in total. The van der Waals surface area contributed by atoms with Gasteiger partial charge in [-0.15, -0.1) is 4.80 Å². The molecule has 3 aromatic rings. The molecule has 2 fully saturated rings. The average Bonchev–Trinajstić information content (AvgIpc) is 3.50. The van der Waals surface area contributed by atoms with E-state index in [0.29, 0.717) is 17.8 Å². The number of pyridine rings is 2. The minimum absolute atomic E-state index is 0.0196. The predicted molar refractivity (Wildman–Crippen MR) is 110 cm³/mol. The summed E-state index contributed by atoms with van der Waals surface area (Å²) in [7, 11) is 0. The molecule has 4 atom stereocenters. The van der Waals surface area contributed by atoms with Crippen LogP contribution >= 0.6 is 0 Å². The highest BCUT2D eigenvalue weighted by molar-refractivity contribution is 5.96. The lowest BCUT2D eigenvalue weighted by atomic mass is 9.98. The molecular weight excluding hydrogens is 437 g/mol. The van der Waals surface area contributed by atoms with Crippen LogP contribution in [0.1, 0.15) is 41.6 Å².